The van der Waals surface area contributed by atoms with Crippen LogP contribution in [0.5, 0.6) is 0 Å². The number of piperidine rings is 2. The molecule has 0 bridgehead atoms. The molecule has 4 unspecified atom stereocenters. The Bertz CT molecular complexity index is 3200. The van der Waals surface area contributed by atoms with Crippen molar-refractivity contribution in [2.24, 2.45) is 11.8 Å². The van der Waals surface area contributed by atoms with Crippen molar-refractivity contribution >= 4 is 11.4 Å². The zero-order valence-corrected chi connectivity index (χ0v) is 40.2. The maximum Gasteiger partial charge on any atom is 0.158 e. The van der Waals surface area contributed by atoms with E-state index in [9.17, 15) is 5.11 Å². The number of hydrogen-bond acceptors (Lipinski definition) is 9. The van der Waals surface area contributed by atoms with Gasteiger partial charge in [-0.2, -0.15) is 10.2 Å². The topological polar surface area (TPSA) is 116 Å². The average molecular weight is 969 g/mol. The molecule has 15 heteroatoms. The summed E-state index contributed by atoms with van der Waals surface area (Å²) >= 11 is 0. The fraction of sp³-hybridized carbons (Fsp3) is 0.368. The Labute approximate surface area is 417 Å². The van der Waals surface area contributed by atoms with Crippen LogP contribution in [0.15, 0.2) is 129 Å². The van der Waals surface area contributed by atoms with Crippen molar-refractivity contribution in [3.63, 3.8) is 0 Å². The van der Waals surface area contributed by atoms with Crippen LogP contribution in [0.2, 0.25) is 0 Å². The molecule has 72 heavy (non-hydrogen) atoms. The van der Waals surface area contributed by atoms with E-state index in [1.165, 1.54) is 11.4 Å². The van der Waals surface area contributed by atoms with Gasteiger partial charge in [-0.1, -0.05) is 48.5 Å². The first-order valence-electron chi connectivity index (χ1n) is 25.7. The van der Waals surface area contributed by atoms with E-state index < -0.39 is 0 Å². The van der Waals surface area contributed by atoms with Gasteiger partial charge in [0.05, 0.1) is 93.3 Å². The molecule has 0 radical (unpaired) electrons. The first-order chi connectivity index (χ1) is 35.5. The number of anilines is 2. The number of halogens is 2. The van der Waals surface area contributed by atoms with Crippen LogP contribution in [-0.4, -0.2) is 96.1 Å². The normalized spacial score (nSPS) is 21.0. The van der Waals surface area contributed by atoms with Crippen LogP contribution < -0.4 is 9.80 Å². The molecule has 3 fully saturated rings. The molecule has 368 valence electrons. The molecule has 1 N–H and O–H groups in total. The molecule has 0 amide bonds. The third-order valence-corrected chi connectivity index (χ3v) is 16.3. The monoisotopic (exact) mass is 968 g/mol. The summed E-state index contributed by atoms with van der Waals surface area (Å²) in [5, 5.41) is 18.3. The smallest absolute Gasteiger partial charge is 0.158 e. The Morgan fingerprint density at radius 1 is 0.625 bits per heavy atom. The van der Waals surface area contributed by atoms with Crippen molar-refractivity contribution in [1.29, 1.82) is 0 Å². The summed E-state index contributed by atoms with van der Waals surface area (Å²) in [6, 6.07) is 28.1. The molecular weight excluding hydrogens is 911 g/mol. The number of fused-ring (bicyclic) bond motifs is 6. The summed E-state index contributed by atoms with van der Waals surface area (Å²) < 4.78 is 51.9. The molecule has 0 saturated carbocycles. The minimum absolute atomic E-state index is 0.0117. The van der Waals surface area contributed by atoms with Gasteiger partial charge in [0, 0.05) is 95.7 Å². The molecule has 13 nitrogen and oxygen atoms in total. The predicted molar refractivity (Wildman–Crippen MR) is 271 cm³/mol. The third kappa shape index (κ3) is 8.11. The maximum atomic E-state index is 16.0. The van der Waals surface area contributed by atoms with E-state index in [2.05, 4.69) is 94.9 Å². The molecule has 4 aromatic carbocycles. The number of aliphatic hydroxyl groups excluding tert-OH is 1. The molecule has 0 aliphatic carbocycles. The Hall–Kier alpha value is -6.94. The lowest BCUT2D eigenvalue weighted by atomic mass is 9.84. The van der Waals surface area contributed by atoms with Crippen LogP contribution in [0.25, 0.3) is 44.8 Å². The summed E-state index contributed by atoms with van der Waals surface area (Å²) in [6.07, 6.45) is 18.4. The molecular formula is C57H58F2N10O3. The van der Waals surface area contributed by atoms with Crippen LogP contribution in [0.4, 0.5) is 20.2 Å². The number of hydrogen-bond donors (Lipinski definition) is 1. The SMILES string of the molecule is OCCn1cc(-c2ccc(N3CCC(C4c5c(F)cccc5-c5c(C6CCOC(OCCn7cc(-c8ccc(N9CCC(C%10c%11c(F)cccc%11-c%11cncn%11%10)CC9)cc8)cn7)C6)ncn54)CC3)cc2)cn1. The molecule has 8 aromatic rings. The molecule has 4 atom stereocenters. The van der Waals surface area contributed by atoms with Gasteiger partial charge in [0.1, 0.15) is 11.6 Å². The number of imidazole rings is 2. The number of rotatable bonds is 13. The first-order valence-corrected chi connectivity index (χ1v) is 25.7. The van der Waals surface area contributed by atoms with Crippen LogP contribution >= 0.6 is 0 Å². The van der Waals surface area contributed by atoms with E-state index in [4.69, 9.17) is 14.5 Å². The van der Waals surface area contributed by atoms with E-state index in [1.54, 1.807) is 22.9 Å². The van der Waals surface area contributed by atoms with E-state index in [0.29, 0.717) is 38.6 Å². The van der Waals surface area contributed by atoms with Crippen LogP contribution in [0.1, 0.15) is 73.3 Å². The van der Waals surface area contributed by atoms with Gasteiger partial charge in [-0.05, 0) is 91.5 Å². The second kappa shape index (κ2) is 18.9. The van der Waals surface area contributed by atoms with E-state index in [1.807, 2.05) is 54.3 Å². The quantitative estimate of drug-likeness (QED) is 0.121. The number of aliphatic hydroxyl groups is 1. The second-order valence-electron chi connectivity index (χ2n) is 20.2. The minimum atomic E-state index is -0.376. The van der Waals surface area contributed by atoms with Gasteiger partial charge in [-0.25, -0.2) is 18.7 Å². The van der Waals surface area contributed by atoms with Crippen molar-refractivity contribution in [2.45, 2.75) is 75.9 Å². The third-order valence-electron chi connectivity index (χ3n) is 16.3. The average Bonchev–Trinajstić information content (AvgIpc) is 4.30. The van der Waals surface area contributed by atoms with Crippen LogP contribution in [0, 0.1) is 23.5 Å². The van der Waals surface area contributed by atoms with Gasteiger partial charge >= 0.3 is 0 Å². The van der Waals surface area contributed by atoms with Crippen molar-refractivity contribution in [3.05, 3.63) is 157 Å². The highest BCUT2D eigenvalue weighted by Gasteiger charge is 2.42. The van der Waals surface area contributed by atoms with Gasteiger partial charge in [0.15, 0.2) is 6.29 Å². The van der Waals surface area contributed by atoms with Gasteiger partial charge < -0.3 is 33.5 Å². The highest BCUT2D eigenvalue weighted by Crippen LogP contribution is 2.51. The zero-order chi connectivity index (χ0) is 48.3. The Morgan fingerprint density at radius 3 is 1.83 bits per heavy atom. The summed E-state index contributed by atoms with van der Waals surface area (Å²) in [6.45, 7) is 5.75. The lowest BCUT2D eigenvalue weighted by Crippen LogP contribution is -2.36. The second-order valence-corrected chi connectivity index (χ2v) is 20.2. The number of aromatic nitrogens is 8. The zero-order valence-electron chi connectivity index (χ0n) is 40.2. The number of ether oxygens (including phenoxy) is 2. The summed E-state index contributed by atoms with van der Waals surface area (Å²) in [4.78, 5) is 14.3. The lowest BCUT2D eigenvalue weighted by Gasteiger charge is -2.37. The summed E-state index contributed by atoms with van der Waals surface area (Å²) in [7, 11) is 0. The Balaban J connectivity index is 0.611. The lowest BCUT2D eigenvalue weighted by molar-refractivity contribution is -0.168. The van der Waals surface area contributed by atoms with Crippen LogP contribution in [-0.2, 0) is 22.6 Å². The van der Waals surface area contributed by atoms with E-state index in [0.717, 1.165) is 120 Å². The fourth-order valence-corrected chi connectivity index (χ4v) is 12.7. The molecule has 5 aliphatic rings. The Kier molecular flexibility index (Phi) is 11.8. The fourth-order valence-electron chi connectivity index (χ4n) is 12.7. The standard InChI is InChI=1S/C57H58F2N10O3/c58-48-5-1-3-46-50-32-60-35-68(50)55(52(46)48)39-15-20-64(21-16-39)44-13-9-38(10-14-44)43-31-63-67(34-43)25-28-72-51-29-41(19-27-71-51)54-57-47-4-2-6-49(59)53(47)56(69(57)36-61-54)40-17-22-65(23-18-40)45-11-7-37(8-12-45)42-30-62-66(33-42)24-26-70/h1-14,30-36,39-41,51,55-56,70H,15-29H2. The van der Waals surface area contributed by atoms with Gasteiger partial charge in [-0.15, -0.1) is 0 Å². The highest BCUT2D eigenvalue weighted by atomic mass is 19.1. The van der Waals surface area contributed by atoms with E-state index >= 15 is 8.78 Å². The van der Waals surface area contributed by atoms with Gasteiger partial charge in [0.25, 0.3) is 0 Å². The van der Waals surface area contributed by atoms with Gasteiger partial charge in [0.2, 0.25) is 0 Å². The molecule has 3 saturated heterocycles. The van der Waals surface area contributed by atoms with Gasteiger partial charge in [-0.3, -0.25) is 9.36 Å². The van der Waals surface area contributed by atoms with E-state index in [-0.39, 0.29) is 48.5 Å². The van der Waals surface area contributed by atoms with Crippen molar-refractivity contribution in [2.75, 3.05) is 55.8 Å². The number of benzene rings is 4. The Morgan fingerprint density at radius 2 is 1.21 bits per heavy atom. The molecule has 9 heterocycles. The largest absolute Gasteiger partial charge is 0.394 e. The highest BCUT2D eigenvalue weighted by molar-refractivity contribution is 5.73. The van der Waals surface area contributed by atoms with Crippen LogP contribution in [0.3, 0.4) is 0 Å². The van der Waals surface area contributed by atoms with Crippen molar-refractivity contribution < 1.29 is 23.4 Å². The number of nitrogens with zero attached hydrogens (tertiary/aromatic N) is 10. The summed E-state index contributed by atoms with van der Waals surface area (Å²) in [5.74, 6) is 0.455. The summed E-state index contributed by atoms with van der Waals surface area (Å²) in [5.41, 5.74) is 13.3. The maximum absolute atomic E-state index is 16.0. The molecule has 0 spiro atoms. The molecule has 13 rings (SSSR count). The minimum Gasteiger partial charge on any atom is -0.394 e. The molecule has 4 aromatic heterocycles. The van der Waals surface area contributed by atoms with Crippen molar-refractivity contribution in [3.8, 4) is 44.8 Å². The first kappa shape index (κ1) is 45.0. The predicted octanol–water partition coefficient (Wildman–Crippen LogP) is 9.99. The van der Waals surface area contributed by atoms with Crippen molar-refractivity contribution in [1.82, 2.24) is 38.7 Å². The molecule has 5 aliphatic heterocycles.